The molecule has 0 saturated carbocycles. The fraction of sp³-hybridized carbons (Fsp3) is 0.538. The Balaban J connectivity index is 2.48. The quantitative estimate of drug-likeness (QED) is 0.704. The molecular formula is C13H19Br2N. The molecule has 1 aromatic rings. The third-order valence-electron chi connectivity index (χ3n) is 2.68. The van der Waals surface area contributed by atoms with Gasteiger partial charge >= 0.3 is 0 Å². The average molecular weight is 349 g/mol. The summed E-state index contributed by atoms with van der Waals surface area (Å²) in [5.74, 6) is 0. The third kappa shape index (κ3) is 4.98. The molecule has 1 nitrogen and oxygen atoms in total. The van der Waals surface area contributed by atoms with Crippen LogP contribution in [0.25, 0.3) is 0 Å². The van der Waals surface area contributed by atoms with Crippen molar-refractivity contribution in [3.8, 4) is 0 Å². The van der Waals surface area contributed by atoms with Crippen LogP contribution in [0.1, 0.15) is 50.6 Å². The van der Waals surface area contributed by atoms with E-state index in [4.69, 9.17) is 5.73 Å². The van der Waals surface area contributed by atoms with E-state index >= 15 is 0 Å². The van der Waals surface area contributed by atoms with Crippen LogP contribution in [0.15, 0.2) is 27.1 Å². The van der Waals surface area contributed by atoms with E-state index in [1.807, 2.05) is 6.07 Å². The average Bonchev–Trinajstić information content (AvgIpc) is 2.22. The van der Waals surface area contributed by atoms with Gasteiger partial charge in [0.15, 0.2) is 0 Å². The molecular weight excluding hydrogens is 330 g/mol. The first-order chi connectivity index (χ1) is 7.63. The van der Waals surface area contributed by atoms with Crippen molar-refractivity contribution in [2.75, 3.05) is 0 Å². The van der Waals surface area contributed by atoms with Gasteiger partial charge in [-0.2, -0.15) is 0 Å². The molecule has 1 unspecified atom stereocenters. The minimum absolute atomic E-state index is 0.158. The predicted octanol–water partition coefficient (Wildman–Crippen LogP) is 5.18. The van der Waals surface area contributed by atoms with E-state index in [1.54, 1.807) is 0 Å². The van der Waals surface area contributed by atoms with E-state index < -0.39 is 0 Å². The lowest BCUT2D eigenvalue weighted by molar-refractivity contribution is 0.566. The normalized spacial score (nSPS) is 12.8. The fourth-order valence-corrected chi connectivity index (χ4v) is 3.08. The Morgan fingerprint density at radius 1 is 1.06 bits per heavy atom. The van der Waals surface area contributed by atoms with Crippen molar-refractivity contribution in [2.24, 2.45) is 5.73 Å². The van der Waals surface area contributed by atoms with Crippen LogP contribution in [-0.2, 0) is 0 Å². The molecule has 3 heteroatoms. The fourth-order valence-electron chi connectivity index (χ4n) is 1.75. The molecule has 0 bridgehead atoms. The van der Waals surface area contributed by atoms with Crippen LogP contribution in [0.2, 0.25) is 0 Å². The van der Waals surface area contributed by atoms with Gasteiger partial charge in [0.2, 0.25) is 0 Å². The van der Waals surface area contributed by atoms with Crippen LogP contribution in [0.4, 0.5) is 0 Å². The number of benzene rings is 1. The Morgan fingerprint density at radius 3 is 2.25 bits per heavy atom. The van der Waals surface area contributed by atoms with Crippen molar-refractivity contribution in [1.29, 1.82) is 0 Å². The maximum Gasteiger partial charge on any atom is 0.0295 e. The molecule has 0 aliphatic carbocycles. The number of rotatable bonds is 6. The van der Waals surface area contributed by atoms with Gasteiger partial charge in [0.05, 0.1) is 0 Å². The SMILES string of the molecule is CCCCCCC(N)c1cc(Br)cc(Br)c1. The Labute approximate surface area is 115 Å². The van der Waals surface area contributed by atoms with E-state index in [-0.39, 0.29) is 6.04 Å². The van der Waals surface area contributed by atoms with E-state index in [0.29, 0.717) is 0 Å². The molecule has 1 rings (SSSR count). The summed E-state index contributed by atoms with van der Waals surface area (Å²) in [6, 6.07) is 6.41. The lowest BCUT2D eigenvalue weighted by Gasteiger charge is -2.12. The maximum atomic E-state index is 6.17. The second kappa shape index (κ2) is 7.46. The van der Waals surface area contributed by atoms with Gasteiger partial charge in [-0.25, -0.2) is 0 Å². The van der Waals surface area contributed by atoms with Gasteiger partial charge in [-0.1, -0.05) is 64.5 Å². The summed E-state index contributed by atoms with van der Waals surface area (Å²) in [5.41, 5.74) is 7.38. The molecule has 0 amide bonds. The van der Waals surface area contributed by atoms with Gasteiger partial charge in [-0.3, -0.25) is 0 Å². The van der Waals surface area contributed by atoms with Crippen molar-refractivity contribution in [1.82, 2.24) is 0 Å². The minimum atomic E-state index is 0.158. The topological polar surface area (TPSA) is 26.0 Å². The van der Waals surface area contributed by atoms with Crippen LogP contribution in [-0.4, -0.2) is 0 Å². The summed E-state index contributed by atoms with van der Waals surface area (Å²) >= 11 is 6.98. The molecule has 1 atom stereocenters. The summed E-state index contributed by atoms with van der Waals surface area (Å²) in [6.07, 6.45) is 6.17. The zero-order chi connectivity index (χ0) is 12.0. The Bertz CT molecular complexity index is 305. The molecule has 0 aliphatic heterocycles. The predicted molar refractivity (Wildman–Crippen MR) is 77.5 cm³/mol. The molecule has 0 fully saturated rings. The zero-order valence-corrected chi connectivity index (χ0v) is 12.9. The van der Waals surface area contributed by atoms with Crippen LogP contribution in [0.3, 0.4) is 0 Å². The second-order valence-electron chi connectivity index (χ2n) is 4.16. The van der Waals surface area contributed by atoms with E-state index in [0.717, 1.165) is 15.4 Å². The molecule has 0 aromatic heterocycles. The van der Waals surface area contributed by atoms with Crippen molar-refractivity contribution < 1.29 is 0 Å². The summed E-state index contributed by atoms with van der Waals surface area (Å²) in [5, 5.41) is 0. The van der Waals surface area contributed by atoms with Crippen LogP contribution >= 0.6 is 31.9 Å². The van der Waals surface area contributed by atoms with Crippen LogP contribution in [0, 0.1) is 0 Å². The lowest BCUT2D eigenvalue weighted by Crippen LogP contribution is -2.10. The molecule has 0 spiro atoms. The first kappa shape index (κ1) is 14.2. The van der Waals surface area contributed by atoms with Crippen molar-refractivity contribution in [3.05, 3.63) is 32.7 Å². The second-order valence-corrected chi connectivity index (χ2v) is 5.99. The monoisotopic (exact) mass is 347 g/mol. The molecule has 0 heterocycles. The number of hydrogen-bond donors (Lipinski definition) is 1. The van der Waals surface area contributed by atoms with Crippen LogP contribution < -0.4 is 5.73 Å². The highest BCUT2D eigenvalue weighted by Gasteiger charge is 2.07. The van der Waals surface area contributed by atoms with Gasteiger partial charge in [0.1, 0.15) is 0 Å². The zero-order valence-electron chi connectivity index (χ0n) is 9.68. The highest BCUT2D eigenvalue weighted by molar-refractivity contribution is 9.11. The van der Waals surface area contributed by atoms with E-state index in [1.165, 1.54) is 31.2 Å². The molecule has 90 valence electrons. The van der Waals surface area contributed by atoms with Gasteiger partial charge in [0, 0.05) is 15.0 Å². The molecule has 1 aromatic carbocycles. The van der Waals surface area contributed by atoms with Gasteiger partial charge < -0.3 is 5.73 Å². The summed E-state index contributed by atoms with van der Waals surface area (Å²) in [7, 11) is 0. The van der Waals surface area contributed by atoms with Crippen molar-refractivity contribution in [3.63, 3.8) is 0 Å². The molecule has 16 heavy (non-hydrogen) atoms. The maximum absolute atomic E-state index is 6.17. The van der Waals surface area contributed by atoms with E-state index in [2.05, 4.69) is 50.9 Å². The van der Waals surface area contributed by atoms with Crippen molar-refractivity contribution >= 4 is 31.9 Å². The Hall–Kier alpha value is 0.140. The number of unbranched alkanes of at least 4 members (excludes halogenated alkanes) is 3. The highest BCUT2D eigenvalue weighted by Crippen LogP contribution is 2.25. The molecule has 0 saturated heterocycles. The Morgan fingerprint density at radius 2 is 1.69 bits per heavy atom. The first-order valence-electron chi connectivity index (χ1n) is 5.85. The third-order valence-corrected chi connectivity index (χ3v) is 3.60. The smallest absolute Gasteiger partial charge is 0.0295 e. The van der Waals surface area contributed by atoms with Crippen LogP contribution in [0.5, 0.6) is 0 Å². The lowest BCUT2D eigenvalue weighted by atomic mass is 10.0. The molecule has 2 N–H and O–H groups in total. The Kier molecular flexibility index (Phi) is 6.62. The summed E-state index contributed by atoms with van der Waals surface area (Å²) < 4.78 is 2.17. The summed E-state index contributed by atoms with van der Waals surface area (Å²) in [4.78, 5) is 0. The number of nitrogens with two attached hydrogens (primary N) is 1. The van der Waals surface area contributed by atoms with Crippen molar-refractivity contribution in [2.45, 2.75) is 45.1 Å². The largest absolute Gasteiger partial charge is 0.324 e. The van der Waals surface area contributed by atoms with E-state index in [9.17, 15) is 0 Å². The highest BCUT2D eigenvalue weighted by atomic mass is 79.9. The first-order valence-corrected chi connectivity index (χ1v) is 7.43. The number of halogens is 2. The standard InChI is InChI=1S/C13H19Br2N/c1-2-3-4-5-6-13(16)10-7-11(14)9-12(15)8-10/h7-9,13H,2-6,16H2,1H3. The summed E-state index contributed by atoms with van der Waals surface area (Å²) in [6.45, 7) is 2.23. The number of hydrogen-bond acceptors (Lipinski definition) is 1. The molecule has 0 radical (unpaired) electrons. The van der Waals surface area contributed by atoms with Gasteiger partial charge in [-0.05, 0) is 30.2 Å². The van der Waals surface area contributed by atoms with Gasteiger partial charge in [-0.15, -0.1) is 0 Å². The minimum Gasteiger partial charge on any atom is -0.324 e. The molecule has 0 aliphatic rings. The van der Waals surface area contributed by atoms with Gasteiger partial charge in [0.25, 0.3) is 0 Å².